The summed E-state index contributed by atoms with van der Waals surface area (Å²) in [5.74, 6) is 0.645. The molecular weight excluding hydrogens is 316 g/mol. The molecule has 0 unspecified atom stereocenters. The van der Waals surface area contributed by atoms with Gasteiger partial charge in [0.15, 0.2) is 5.82 Å². The van der Waals surface area contributed by atoms with Gasteiger partial charge in [0.25, 0.3) is 0 Å². The van der Waals surface area contributed by atoms with Crippen LogP contribution in [0.15, 0.2) is 53.6 Å². The summed E-state index contributed by atoms with van der Waals surface area (Å²) in [5.41, 5.74) is 3.07. The number of benzene rings is 2. The third-order valence-electron chi connectivity index (χ3n) is 3.25. The van der Waals surface area contributed by atoms with Gasteiger partial charge in [-0.2, -0.15) is 14.9 Å². The molecule has 6 heteroatoms. The van der Waals surface area contributed by atoms with E-state index < -0.39 is 0 Å². The van der Waals surface area contributed by atoms with Crippen molar-refractivity contribution in [2.24, 2.45) is 5.10 Å². The third kappa shape index (κ3) is 3.00. The molecule has 1 aromatic heterocycles. The summed E-state index contributed by atoms with van der Waals surface area (Å²) in [5, 5.41) is 12.1. The molecule has 0 fully saturated rings. The van der Waals surface area contributed by atoms with Crippen LogP contribution in [-0.2, 0) is 0 Å². The summed E-state index contributed by atoms with van der Waals surface area (Å²) < 4.78 is 2.04. The molecule has 4 nitrogen and oxygen atoms in total. The number of aryl methyl sites for hydroxylation is 1. The van der Waals surface area contributed by atoms with Crippen molar-refractivity contribution in [3.63, 3.8) is 0 Å². The van der Waals surface area contributed by atoms with Gasteiger partial charge in [0.2, 0.25) is 4.77 Å². The van der Waals surface area contributed by atoms with Gasteiger partial charge < -0.3 is 0 Å². The number of hydrogen-bond acceptors (Lipinski definition) is 3. The van der Waals surface area contributed by atoms with Crippen molar-refractivity contribution >= 4 is 30.0 Å². The van der Waals surface area contributed by atoms with E-state index in [1.165, 1.54) is 0 Å². The summed E-state index contributed by atoms with van der Waals surface area (Å²) in [6, 6.07) is 15.4. The number of aromatic nitrogens is 3. The molecule has 0 aliphatic heterocycles. The van der Waals surface area contributed by atoms with E-state index in [-0.39, 0.29) is 0 Å². The Morgan fingerprint density at radius 1 is 1.18 bits per heavy atom. The topological polar surface area (TPSA) is 46.0 Å². The Morgan fingerprint density at radius 3 is 2.64 bits per heavy atom. The molecule has 0 aliphatic rings. The first-order valence-electron chi connectivity index (χ1n) is 6.68. The zero-order chi connectivity index (χ0) is 15.5. The van der Waals surface area contributed by atoms with Gasteiger partial charge in [-0.05, 0) is 54.5 Å². The predicted octanol–water partition coefficient (Wildman–Crippen LogP) is 4.45. The molecule has 0 spiro atoms. The summed E-state index contributed by atoms with van der Waals surface area (Å²) >= 11 is 11.2. The molecule has 0 saturated heterocycles. The Bertz CT molecular complexity index is 878. The van der Waals surface area contributed by atoms with Gasteiger partial charge in [-0.25, -0.2) is 5.10 Å². The summed E-state index contributed by atoms with van der Waals surface area (Å²) in [7, 11) is 0. The summed E-state index contributed by atoms with van der Waals surface area (Å²) in [4.78, 5) is 0. The van der Waals surface area contributed by atoms with Gasteiger partial charge in [-0.1, -0.05) is 35.9 Å². The van der Waals surface area contributed by atoms with Crippen molar-refractivity contribution in [1.29, 1.82) is 0 Å². The molecule has 3 aromatic rings. The first kappa shape index (κ1) is 14.7. The first-order chi connectivity index (χ1) is 10.6. The SMILES string of the molecule is Cc1ccccc1/C=N\n1c(-c2ccc(Cl)cc2)n[nH]c1=S. The van der Waals surface area contributed by atoms with E-state index in [2.05, 4.69) is 15.3 Å². The smallest absolute Gasteiger partial charge is 0.216 e. The highest BCUT2D eigenvalue weighted by atomic mass is 35.5. The Kier molecular flexibility index (Phi) is 4.18. The minimum absolute atomic E-state index is 0.440. The molecule has 0 saturated carbocycles. The average Bonchev–Trinajstić information content (AvgIpc) is 2.88. The maximum absolute atomic E-state index is 5.92. The lowest BCUT2D eigenvalue weighted by atomic mass is 10.1. The zero-order valence-corrected chi connectivity index (χ0v) is 13.4. The maximum atomic E-state index is 5.92. The molecule has 0 atom stereocenters. The van der Waals surface area contributed by atoms with Crippen molar-refractivity contribution < 1.29 is 0 Å². The molecule has 3 rings (SSSR count). The van der Waals surface area contributed by atoms with Crippen molar-refractivity contribution in [2.75, 3.05) is 0 Å². The molecule has 1 heterocycles. The third-order valence-corrected chi connectivity index (χ3v) is 3.77. The van der Waals surface area contributed by atoms with Crippen LogP contribution < -0.4 is 0 Å². The Balaban J connectivity index is 2.01. The summed E-state index contributed by atoms with van der Waals surface area (Å²) in [6.45, 7) is 2.04. The highest BCUT2D eigenvalue weighted by Crippen LogP contribution is 2.19. The van der Waals surface area contributed by atoms with E-state index in [4.69, 9.17) is 23.8 Å². The Morgan fingerprint density at radius 2 is 1.91 bits per heavy atom. The lowest BCUT2D eigenvalue weighted by molar-refractivity contribution is 0.871. The molecule has 0 radical (unpaired) electrons. The monoisotopic (exact) mass is 328 g/mol. The number of H-pyrrole nitrogens is 1. The number of aromatic amines is 1. The second-order valence-corrected chi connectivity index (χ2v) is 5.60. The van der Waals surface area contributed by atoms with Gasteiger partial charge in [-0.15, -0.1) is 0 Å². The molecule has 22 heavy (non-hydrogen) atoms. The number of nitrogens with one attached hydrogen (secondary N) is 1. The van der Waals surface area contributed by atoms with Crippen molar-refractivity contribution in [2.45, 2.75) is 6.92 Å². The molecule has 0 aliphatic carbocycles. The van der Waals surface area contributed by atoms with E-state index >= 15 is 0 Å². The van der Waals surface area contributed by atoms with E-state index in [1.54, 1.807) is 10.9 Å². The van der Waals surface area contributed by atoms with Crippen LogP contribution in [0.3, 0.4) is 0 Å². The van der Waals surface area contributed by atoms with Gasteiger partial charge >= 0.3 is 0 Å². The van der Waals surface area contributed by atoms with Crippen LogP contribution in [0, 0.1) is 11.7 Å². The highest BCUT2D eigenvalue weighted by molar-refractivity contribution is 7.71. The second kappa shape index (κ2) is 6.25. The number of halogens is 1. The van der Waals surface area contributed by atoms with E-state index in [0.29, 0.717) is 15.6 Å². The average molecular weight is 329 g/mol. The fraction of sp³-hybridized carbons (Fsp3) is 0.0625. The van der Waals surface area contributed by atoms with Gasteiger partial charge in [0.1, 0.15) is 0 Å². The largest absolute Gasteiger partial charge is 0.250 e. The minimum Gasteiger partial charge on any atom is -0.250 e. The molecule has 110 valence electrons. The zero-order valence-electron chi connectivity index (χ0n) is 11.8. The van der Waals surface area contributed by atoms with Gasteiger partial charge in [0.05, 0.1) is 6.21 Å². The van der Waals surface area contributed by atoms with Crippen LogP contribution in [0.5, 0.6) is 0 Å². The lowest BCUT2D eigenvalue weighted by Crippen LogP contribution is -1.96. The Hall–Kier alpha value is -2.24. The van der Waals surface area contributed by atoms with Crippen LogP contribution in [-0.4, -0.2) is 21.1 Å². The van der Waals surface area contributed by atoms with E-state index in [0.717, 1.165) is 16.7 Å². The van der Waals surface area contributed by atoms with Gasteiger partial charge in [-0.3, -0.25) is 0 Å². The quantitative estimate of drug-likeness (QED) is 0.570. The van der Waals surface area contributed by atoms with Crippen LogP contribution in [0.4, 0.5) is 0 Å². The number of rotatable bonds is 3. The van der Waals surface area contributed by atoms with Crippen LogP contribution >= 0.6 is 23.8 Å². The molecule has 1 N–H and O–H groups in total. The van der Waals surface area contributed by atoms with Crippen molar-refractivity contribution in [3.8, 4) is 11.4 Å². The van der Waals surface area contributed by atoms with Gasteiger partial charge in [0, 0.05) is 10.6 Å². The van der Waals surface area contributed by atoms with Crippen molar-refractivity contribution in [3.05, 3.63) is 69.5 Å². The molecular formula is C16H13ClN4S. The van der Waals surface area contributed by atoms with Crippen LogP contribution in [0.1, 0.15) is 11.1 Å². The van der Waals surface area contributed by atoms with Crippen LogP contribution in [0.25, 0.3) is 11.4 Å². The molecule has 0 amide bonds. The normalized spacial score (nSPS) is 11.2. The van der Waals surface area contributed by atoms with E-state index in [1.807, 2.05) is 55.5 Å². The first-order valence-corrected chi connectivity index (χ1v) is 7.47. The molecule has 2 aromatic carbocycles. The Labute approximate surface area is 138 Å². The standard InChI is InChI=1S/C16H13ClN4S/c1-11-4-2-3-5-13(11)10-18-21-15(19-20-16(21)22)12-6-8-14(17)9-7-12/h2-10H,1H3,(H,20,22)/b18-10-. The minimum atomic E-state index is 0.440. The predicted molar refractivity (Wildman–Crippen MR) is 92.0 cm³/mol. The maximum Gasteiger partial charge on any atom is 0.216 e. The highest BCUT2D eigenvalue weighted by Gasteiger charge is 2.07. The van der Waals surface area contributed by atoms with E-state index in [9.17, 15) is 0 Å². The summed E-state index contributed by atoms with van der Waals surface area (Å²) in [6.07, 6.45) is 1.78. The second-order valence-electron chi connectivity index (χ2n) is 4.77. The van der Waals surface area contributed by atoms with Crippen LogP contribution in [0.2, 0.25) is 5.02 Å². The van der Waals surface area contributed by atoms with Crippen molar-refractivity contribution in [1.82, 2.24) is 14.9 Å². The lowest BCUT2D eigenvalue weighted by Gasteiger charge is -2.02. The fourth-order valence-electron chi connectivity index (χ4n) is 2.04. The molecule has 0 bridgehead atoms. The number of hydrogen-bond donors (Lipinski definition) is 1. The fourth-order valence-corrected chi connectivity index (χ4v) is 2.34. The number of nitrogens with zero attached hydrogens (tertiary/aromatic N) is 3.